The van der Waals surface area contributed by atoms with Gasteiger partial charge in [0.15, 0.2) is 0 Å². The minimum atomic E-state index is -0.453. The van der Waals surface area contributed by atoms with Gasteiger partial charge in [0.2, 0.25) is 17.7 Å². The summed E-state index contributed by atoms with van der Waals surface area (Å²) in [7, 11) is 3.20. The van der Waals surface area contributed by atoms with Crippen LogP contribution in [0.5, 0.6) is 0 Å². The van der Waals surface area contributed by atoms with Crippen LogP contribution < -0.4 is 4.90 Å². The van der Waals surface area contributed by atoms with Crippen LogP contribution in [0.2, 0.25) is 0 Å². The van der Waals surface area contributed by atoms with Gasteiger partial charge in [-0.3, -0.25) is 19.3 Å². The molecule has 1 aliphatic heterocycles. The Kier molecular flexibility index (Phi) is 2.85. The van der Waals surface area contributed by atoms with Crippen molar-refractivity contribution in [3.63, 3.8) is 0 Å². The van der Waals surface area contributed by atoms with E-state index in [1.165, 1.54) is 7.05 Å². The van der Waals surface area contributed by atoms with Gasteiger partial charge in [-0.2, -0.15) is 0 Å². The second kappa shape index (κ2) is 4.44. The zero-order valence-corrected chi connectivity index (χ0v) is 11.4. The third kappa shape index (κ3) is 1.66. The van der Waals surface area contributed by atoms with Crippen molar-refractivity contribution in [2.75, 3.05) is 19.0 Å². The zero-order chi connectivity index (χ0) is 14.4. The Morgan fingerprint density at radius 2 is 1.85 bits per heavy atom. The van der Waals surface area contributed by atoms with E-state index in [0.717, 1.165) is 10.6 Å². The highest BCUT2D eigenvalue weighted by Gasteiger charge is 2.60. The number of carbonyl (C=O) groups excluding carboxylic acids is 3. The number of fused-ring (bicyclic) bond motifs is 1. The summed E-state index contributed by atoms with van der Waals surface area (Å²) in [5, 5.41) is 0. The van der Waals surface area contributed by atoms with Crippen LogP contribution in [0.15, 0.2) is 30.3 Å². The number of nitrogens with zero attached hydrogens (tertiary/aromatic N) is 2. The highest BCUT2D eigenvalue weighted by Crippen LogP contribution is 2.47. The molecule has 1 aliphatic carbocycles. The van der Waals surface area contributed by atoms with Crippen molar-refractivity contribution in [3.8, 4) is 0 Å². The molecule has 0 N–H and O–H groups in total. The fourth-order valence-corrected chi connectivity index (χ4v) is 3.11. The SMILES string of the molecule is CN1C(=O)[C@H]2[C@H](C[C@@H]2C(=O)N(C)c2ccccc2)C1=O. The van der Waals surface area contributed by atoms with E-state index in [1.54, 1.807) is 11.9 Å². The Morgan fingerprint density at radius 1 is 1.20 bits per heavy atom. The molecule has 0 aromatic heterocycles. The Hall–Kier alpha value is -2.17. The molecule has 3 amide bonds. The number of amides is 3. The first kappa shape index (κ1) is 12.8. The molecule has 1 saturated carbocycles. The van der Waals surface area contributed by atoms with Crippen LogP contribution in [0.3, 0.4) is 0 Å². The molecule has 104 valence electrons. The molecule has 1 aromatic carbocycles. The molecule has 0 spiro atoms. The fraction of sp³-hybridized carbons (Fsp3) is 0.400. The molecule has 2 fully saturated rings. The summed E-state index contributed by atoms with van der Waals surface area (Å²) in [4.78, 5) is 38.9. The quantitative estimate of drug-likeness (QED) is 0.752. The average molecular weight is 272 g/mol. The van der Waals surface area contributed by atoms with Gasteiger partial charge in [0.1, 0.15) is 0 Å². The van der Waals surface area contributed by atoms with Crippen LogP contribution in [-0.4, -0.2) is 36.7 Å². The molecule has 2 aliphatic rings. The second-order valence-electron chi connectivity index (χ2n) is 5.44. The zero-order valence-electron chi connectivity index (χ0n) is 11.4. The monoisotopic (exact) mass is 272 g/mol. The van der Waals surface area contributed by atoms with E-state index in [0.29, 0.717) is 6.42 Å². The Morgan fingerprint density at radius 3 is 2.45 bits per heavy atom. The molecule has 0 radical (unpaired) electrons. The Labute approximate surface area is 117 Å². The summed E-state index contributed by atoms with van der Waals surface area (Å²) in [6, 6.07) is 9.31. The van der Waals surface area contributed by atoms with Gasteiger partial charge in [0.05, 0.1) is 17.8 Å². The van der Waals surface area contributed by atoms with E-state index in [2.05, 4.69) is 0 Å². The van der Waals surface area contributed by atoms with Crippen molar-refractivity contribution in [2.45, 2.75) is 6.42 Å². The number of rotatable bonds is 2. The maximum absolute atomic E-state index is 12.5. The van der Waals surface area contributed by atoms with Crippen molar-refractivity contribution in [2.24, 2.45) is 17.8 Å². The molecule has 1 heterocycles. The lowest BCUT2D eigenvalue weighted by atomic mass is 9.65. The number of benzene rings is 1. The summed E-state index contributed by atoms with van der Waals surface area (Å²) in [6.45, 7) is 0. The first-order valence-electron chi connectivity index (χ1n) is 6.66. The minimum Gasteiger partial charge on any atom is -0.315 e. The van der Waals surface area contributed by atoms with Gasteiger partial charge in [0, 0.05) is 19.8 Å². The molecule has 3 rings (SSSR count). The Bertz CT molecular complexity index is 584. The van der Waals surface area contributed by atoms with Gasteiger partial charge in [0.25, 0.3) is 0 Å². The summed E-state index contributed by atoms with van der Waals surface area (Å²) < 4.78 is 0. The molecule has 5 nitrogen and oxygen atoms in total. The highest BCUT2D eigenvalue weighted by molar-refractivity contribution is 6.10. The summed E-state index contributed by atoms with van der Waals surface area (Å²) >= 11 is 0. The lowest BCUT2D eigenvalue weighted by molar-refractivity contribution is -0.141. The van der Waals surface area contributed by atoms with Crippen LogP contribution in [0, 0.1) is 17.8 Å². The fourth-order valence-electron chi connectivity index (χ4n) is 3.11. The maximum atomic E-state index is 12.5. The molecular weight excluding hydrogens is 256 g/mol. The smallest absolute Gasteiger partial charge is 0.233 e. The number of hydrogen-bond donors (Lipinski definition) is 0. The third-order valence-corrected chi connectivity index (χ3v) is 4.43. The van der Waals surface area contributed by atoms with Crippen LogP contribution >= 0.6 is 0 Å². The number of likely N-dealkylation sites (tertiary alicyclic amines) is 1. The van der Waals surface area contributed by atoms with E-state index >= 15 is 0 Å². The lowest BCUT2D eigenvalue weighted by Crippen LogP contribution is -2.48. The van der Waals surface area contributed by atoms with Gasteiger partial charge in [-0.25, -0.2) is 0 Å². The van der Waals surface area contributed by atoms with Crippen LogP contribution in [-0.2, 0) is 14.4 Å². The lowest BCUT2D eigenvalue weighted by Gasteiger charge is -2.37. The van der Waals surface area contributed by atoms with Crippen molar-refractivity contribution in [3.05, 3.63) is 30.3 Å². The van der Waals surface area contributed by atoms with Crippen molar-refractivity contribution in [1.82, 2.24) is 4.90 Å². The van der Waals surface area contributed by atoms with E-state index in [1.807, 2.05) is 30.3 Å². The van der Waals surface area contributed by atoms with Gasteiger partial charge in [-0.05, 0) is 18.6 Å². The third-order valence-electron chi connectivity index (χ3n) is 4.43. The predicted octanol–water partition coefficient (Wildman–Crippen LogP) is 0.900. The highest BCUT2D eigenvalue weighted by atomic mass is 16.2. The molecule has 1 saturated heterocycles. The first-order chi connectivity index (χ1) is 9.52. The maximum Gasteiger partial charge on any atom is 0.233 e. The first-order valence-corrected chi connectivity index (χ1v) is 6.66. The van der Waals surface area contributed by atoms with E-state index in [4.69, 9.17) is 0 Å². The van der Waals surface area contributed by atoms with Crippen molar-refractivity contribution in [1.29, 1.82) is 0 Å². The summed E-state index contributed by atoms with van der Waals surface area (Å²) in [5.41, 5.74) is 0.797. The van der Waals surface area contributed by atoms with Gasteiger partial charge < -0.3 is 4.90 Å². The largest absolute Gasteiger partial charge is 0.315 e. The molecular formula is C15H16N2O3. The molecule has 1 aromatic rings. The van der Waals surface area contributed by atoms with Crippen LogP contribution in [0.4, 0.5) is 5.69 Å². The van der Waals surface area contributed by atoms with Gasteiger partial charge >= 0.3 is 0 Å². The Balaban J connectivity index is 1.77. The second-order valence-corrected chi connectivity index (χ2v) is 5.44. The van der Waals surface area contributed by atoms with Crippen molar-refractivity contribution >= 4 is 23.4 Å². The predicted molar refractivity (Wildman–Crippen MR) is 72.7 cm³/mol. The van der Waals surface area contributed by atoms with E-state index < -0.39 is 5.92 Å². The molecule has 0 bridgehead atoms. The topological polar surface area (TPSA) is 57.7 Å². The number of hydrogen-bond acceptors (Lipinski definition) is 3. The van der Waals surface area contributed by atoms with Crippen LogP contribution in [0.25, 0.3) is 0 Å². The van der Waals surface area contributed by atoms with Crippen LogP contribution in [0.1, 0.15) is 6.42 Å². The van der Waals surface area contributed by atoms with E-state index in [-0.39, 0.29) is 29.6 Å². The number of para-hydroxylation sites is 1. The number of anilines is 1. The normalized spacial score (nSPS) is 28.1. The van der Waals surface area contributed by atoms with E-state index in [9.17, 15) is 14.4 Å². The minimum absolute atomic E-state index is 0.0890. The molecule has 5 heteroatoms. The molecule has 0 unspecified atom stereocenters. The van der Waals surface area contributed by atoms with Gasteiger partial charge in [-0.15, -0.1) is 0 Å². The molecule has 20 heavy (non-hydrogen) atoms. The number of carbonyl (C=O) groups is 3. The summed E-state index contributed by atoms with van der Waals surface area (Å²) in [6.07, 6.45) is 0.482. The number of imide groups is 1. The standard InChI is InChI=1S/C15H16N2O3/c1-16(9-6-4-3-5-7-9)13(18)10-8-11-12(10)15(20)17(2)14(11)19/h3-7,10-12H,8H2,1-2H3/t10-,11-,12+/m0/s1. The summed E-state index contributed by atoms with van der Waals surface area (Å²) in [5.74, 6) is -1.56. The average Bonchev–Trinajstić information content (AvgIpc) is 2.59. The van der Waals surface area contributed by atoms with Crippen molar-refractivity contribution < 1.29 is 14.4 Å². The van der Waals surface area contributed by atoms with Gasteiger partial charge in [-0.1, -0.05) is 18.2 Å². The molecule has 3 atom stereocenters.